The van der Waals surface area contributed by atoms with E-state index in [1.807, 2.05) is 24.3 Å². The van der Waals surface area contributed by atoms with Crippen molar-refractivity contribution < 1.29 is 4.79 Å². The predicted octanol–water partition coefficient (Wildman–Crippen LogP) is 4.29. The van der Waals surface area contributed by atoms with Crippen LogP contribution in [0.25, 0.3) is 10.9 Å². The third-order valence-corrected chi connectivity index (χ3v) is 4.01. The molecule has 0 bridgehead atoms. The van der Waals surface area contributed by atoms with Crippen LogP contribution in [0.2, 0.25) is 0 Å². The Balaban J connectivity index is 1.87. The Hall–Kier alpha value is -1.68. The first-order valence-electron chi connectivity index (χ1n) is 6.74. The highest BCUT2D eigenvalue weighted by atomic mass is 79.9. The highest BCUT2D eigenvalue weighted by Gasteiger charge is 2.19. The lowest BCUT2D eigenvalue weighted by atomic mass is 9.93. The van der Waals surface area contributed by atoms with E-state index in [1.165, 1.54) is 0 Å². The lowest BCUT2D eigenvalue weighted by Gasteiger charge is -2.17. The molecule has 102 valence electrons. The second-order valence-corrected chi connectivity index (χ2v) is 5.92. The standard InChI is InChI=1S/C16H15BrN2O/c17-13-9-12-7-4-8-14(15(12)18-10-13)19-16(20)11-5-2-1-3-6-11/h1-2,4,7-11H,3,5-6H2,(H,19,20). The average Bonchev–Trinajstić information content (AvgIpc) is 2.48. The van der Waals surface area contributed by atoms with E-state index in [0.29, 0.717) is 0 Å². The van der Waals surface area contributed by atoms with E-state index in [0.717, 1.165) is 40.3 Å². The van der Waals surface area contributed by atoms with Crippen LogP contribution < -0.4 is 5.32 Å². The van der Waals surface area contributed by atoms with Crippen LogP contribution in [0, 0.1) is 5.92 Å². The number of hydrogen-bond acceptors (Lipinski definition) is 2. The maximum atomic E-state index is 12.3. The van der Waals surface area contributed by atoms with Gasteiger partial charge in [-0.15, -0.1) is 0 Å². The zero-order valence-corrected chi connectivity index (χ0v) is 12.6. The lowest BCUT2D eigenvalue weighted by Crippen LogP contribution is -2.23. The molecule has 1 aliphatic carbocycles. The summed E-state index contributed by atoms with van der Waals surface area (Å²) in [6.45, 7) is 0. The number of fused-ring (bicyclic) bond motifs is 1. The molecule has 1 N–H and O–H groups in total. The molecule has 0 saturated carbocycles. The summed E-state index contributed by atoms with van der Waals surface area (Å²) in [5.74, 6) is 0.164. The molecule has 0 fully saturated rings. The zero-order chi connectivity index (χ0) is 13.9. The molecule has 0 saturated heterocycles. The number of pyridine rings is 1. The molecular weight excluding hydrogens is 316 g/mol. The smallest absolute Gasteiger partial charge is 0.227 e. The first-order valence-corrected chi connectivity index (χ1v) is 7.53. The number of hydrogen-bond donors (Lipinski definition) is 1. The largest absolute Gasteiger partial charge is 0.324 e. The molecule has 20 heavy (non-hydrogen) atoms. The van der Waals surface area contributed by atoms with Crippen molar-refractivity contribution >= 4 is 38.4 Å². The monoisotopic (exact) mass is 330 g/mol. The summed E-state index contributed by atoms with van der Waals surface area (Å²) >= 11 is 3.41. The van der Waals surface area contributed by atoms with Crippen molar-refractivity contribution in [2.75, 3.05) is 5.32 Å². The minimum absolute atomic E-state index is 0.0747. The predicted molar refractivity (Wildman–Crippen MR) is 84.6 cm³/mol. The van der Waals surface area contributed by atoms with Gasteiger partial charge in [0, 0.05) is 22.0 Å². The number of para-hydroxylation sites is 1. The molecule has 1 unspecified atom stereocenters. The van der Waals surface area contributed by atoms with Gasteiger partial charge in [-0.25, -0.2) is 0 Å². The fourth-order valence-electron chi connectivity index (χ4n) is 2.50. The van der Waals surface area contributed by atoms with E-state index < -0.39 is 0 Å². The van der Waals surface area contributed by atoms with Crippen molar-refractivity contribution in [1.82, 2.24) is 4.98 Å². The first-order chi connectivity index (χ1) is 9.74. The van der Waals surface area contributed by atoms with E-state index in [4.69, 9.17) is 0 Å². The number of halogens is 1. The number of benzene rings is 1. The van der Waals surface area contributed by atoms with Crippen molar-refractivity contribution in [2.24, 2.45) is 5.92 Å². The molecule has 3 rings (SSSR count). The van der Waals surface area contributed by atoms with Gasteiger partial charge in [-0.1, -0.05) is 24.3 Å². The van der Waals surface area contributed by atoms with Crippen molar-refractivity contribution in [3.63, 3.8) is 0 Å². The Morgan fingerprint density at radius 3 is 3.05 bits per heavy atom. The van der Waals surface area contributed by atoms with Gasteiger partial charge in [-0.2, -0.15) is 0 Å². The molecule has 4 heteroatoms. The Morgan fingerprint density at radius 1 is 1.35 bits per heavy atom. The number of carbonyl (C=O) groups excluding carboxylic acids is 1. The zero-order valence-electron chi connectivity index (χ0n) is 11.0. The van der Waals surface area contributed by atoms with Gasteiger partial charge in [-0.3, -0.25) is 9.78 Å². The number of anilines is 1. The quantitative estimate of drug-likeness (QED) is 0.834. The second-order valence-electron chi connectivity index (χ2n) is 5.00. The topological polar surface area (TPSA) is 42.0 Å². The van der Waals surface area contributed by atoms with Crippen LogP contribution in [0.1, 0.15) is 19.3 Å². The van der Waals surface area contributed by atoms with Gasteiger partial charge in [0.2, 0.25) is 5.91 Å². The third-order valence-electron chi connectivity index (χ3n) is 3.58. The number of amides is 1. The maximum Gasteiger partial charge on any atom is 0.227 e. The molecule has 3 nitrogen and oxygen atoms in total. The molecular formula is C16H15BrN2O. The first kappa shape index (κ1) is 13.3. The highest BCUT2D eigenvalue weighted by Crippen LogP contribution is 2.26. The lowest BCUT2D eigenvalue weighted by molar-refractivity contribution is -0.120. The highest BCUT2D eigenvalue weighted by molar-refractivity contribution is 9.10. The van der Waals surface area contributed by atoms with Gasteiger partial charge in [-0.05, 0) is 47.3 Å². The van der Waals surface area contributed by atoms with Crippen LogP contribution in [0.4, 0.5) is 5.69 Å². The summed E-state index contributed by atoms with van der Waals surface area (Å²) in [5.41, 5.74) is 1.62. The van der Waals surface area contributed by atoms with E-state index in [9.17, 15) is 4.79 Å². The van der Waals surface area contributed by atoms with Crippen LogP contribution >= 0.6 is 15.9 Å². The van der Waals surface area contributed by atoms with Crippen LogP contribution in [0.3, 0.4) is 0 Å². The fourth-order valence-corrected chi connectivity index (χ4v) is 2.85. The summed E-state index contributed by atoms with van der Waals surface area (Å²) in [6, 6.07) is 7.83. The molecule has 0 spiro atoms. The van der Waals surface area contributed by atoms with Crippen molar-refractivity contribution in [3.05, 3.63) is 47.1 Å². The van der Waals surface area contributed by atoms with Crippen molar-refractivity contribution in [3.8, 4) is 0 Å². The summed E-state index contributed by atoms with van der Waals surface area (Å²) in [6.07, 6.45) is 8.72. The summed E-state index contributed by atoms with van der Waals surface area (Å²) in [5, 5.41) is 4.04. The normalized spacial score (nSPS) is 18.1. The molecule has 1 amide bonds. The number of rotatable bonds is 2. The summed E-state index contributed by atoms with van der Waals surface area (Å²) in [4.78, 5) is 16.7. The number of allylic oxidation sites excluding steroid dienone is 2. The van der Waals surface area contributed by atoms with Crippen LogP contribution in [-0.4, -0.2) is 10.9 Å². The average molecular weight is 331 g/mol. The minimum Gasteiger partial charge on any atom is -0.324 e. The Labute approximate surface area is 126 Å². The van der Waals surface area contributed by atoms with Gasteiger partial charge in [0.25, 0.3) is 0 Å². The maximum absolute atomic E-state index is 12.3. The van der Waals surface area contributed by atoms with Gasteiger partial charge in [0.05, 0.1) is 11.2 Å². The summed E-state index contributed by atoms with van der Waals surface area (Å²) in [7, 11) is 0. The molecule has 2 aromatic rings. The molecule has 0 radical (unpaired) electrons. The van der Waals surface area contributed by atoms with Crippen LogP contribution in [0.15, 0.2) is 47.1 Å². The van der Waals surface area contributed by atoms with E-state index in [-0.39, 0.29) is 11.8 Å². The molecule has 1 aromatic heterocycles. The molecule has 0 aliphatic heterocycles. The summed E-state index contributed by atoms with van der Waals surface area (Å²) < 4.78 is 0.936. The van der Waals surface area contributed by atoms with Gasteiger partial charge in [0.1, 0.15) is 0 Å². The second kappa shape index (κ2) is 5.75. The van der Waals surface area contributed by atoms with Crippen molar-refractivity contribution in [2.45, 2.75) is 19.3 Å². The van der Waals surface area contributed by atoms with E-state index >= 15 is 0 Å². The molecule has 1 aromatic carbocycles. The number of nitrogens with zero attached hydrogens (tertiary/aromatic N) is 1. The van der Waals surface area contributed by atoms with Gasteiger partial charge in [0.15, 0.2) is 0 Å². The SMILES string of the molecule is O=C(Nc1cccc2cc(Br)cnc12)C1CC=CCC1. The molecule has 1 aliphatic rings. The van der Waals surface area contributed by atoms with Crippen LogP contribution in [0.5, 0.6) is 0 Å². The van der Waals surface area contributed by atoms with Gasteiger partial charge >= 0.3 is 0 Å². The number of carbonyl (C=O) groups is 1. The van der Waals surface area contributed by atoms with Gasteiger partial charge < -0.3 is 5.32 Å². The van der Waals surface area contributed by atoms with Crippen LogP contribution in [-0.2, 0) is 4.79 Å². The van der Waals surface area contributed by atoms with E-state index in [1.54, 1.807) is 6.20 Å². The number of nitrogens with one attached hydrogen (secondary N) is 1. The Bertz CT molecular complexity index is 681. The van der Waals surface area contributed by atoms with Crippen molar-refractivity contribution in [1.29, 1.82) is 0 Å². The molecule has 1 atom stereocenters. The molecule has 1 heterocycles. The Kier molecular flexibility index (Phi) is 3.83. The third kappa shape index (κ3) is 2.75. The number of aromatic nitrogens is 1. The van der Waals surface area contributed by atoms with E-state index in [2.05, 4.69) is 38.4 Å². The fraction of sp³-hybridized carbons (Fsp3) is 0.250. The minimum atomic E-state index is 0.0747. The Morgan fingerprint density at radius 2 is 2.25 bits per heavy atom.